The number of hydrogen-bond acceptors (Lipinski definition) is 5. The van der Waals surface area contributed by atoms with Crippen molar-refractivity contribution in [1.29, 1.82) is 0 Å². The quantitative estimate of drug-likeness (QED) is 0.373. The van der Waals surface area contributed by atoms with Crippen molar-refractivity contribution in [3.63, 3.8) is 0 Å². The zero-order valence-electron chi connectivity index (χ0n) is 17.8. The number of carbonyl (C=O) groups is 2. The fraction of sp³-hybridized carbons (Fsp3) is 0.130. The van der Waals surface area contributed by atoms with E-state index in [0.29, 0.717) is 21.4 Å². The van der Waals surface area contributed by atoms with Crippen LogP contribution in [0.1, 0.15) is 33.5 Å². The van der Waals surface area contributed by atoms with Gasteiger partial charge < -0.3 is 10.1 Å². The second kappa shape index (κ2) is 8.79. The molecule has 0 bridgehead atoms. The number of fused-ring (bicyclic) bond motifs is 1. The molecule has 0 saturated heterocycles. The average molecular weight is 489 g/mol. The number of hydrogen-bond donors (Lipinski definition) is 1. The smallest absolute Gasteiger partial charge is 0.433 e. The van der Waals surface area contributed by atoms with Crippen molar-refractivity contribution in [3.8, 4) is 17.0 Å². The Labute approximate surface area is 196 Å². The third-order valence-corrected chi connectivity index (χ3v) is 5.30. The van der Waals surface area contributed by atoms with Crippen LogP contribution in [-0.2, 0) is 6.18 Å². The number of benzene rings is 2. The first-order valence-electron chi connectivity index (χ1n) is 9.81. The van der Waals surface area contributed by atoms with Gasteiger partial charge in [0.25, 0.3) is 5.91 Å². The van der Waals surface area contributed by atoms with E-state index < -0.39 is 23.5 Å². The summed E-state index contributed by atoms with van der Waals surface area (Å²) in [7, 11) is 1.47. The van der Waals surface area contributed by atoms with E-state index in [4.69, 9.17) is 16.3 Å². The Balaban J connectivity index is 1.80. The lowest BCUT2D eigenvalue weighted by Gasteiger charge is -2.11. The Morgan fingerprint density at radius 2 is 1.79 bits per heavy atom. The van der Waals surface area contributed by atoms with Crippen LogP contribution in [0.4, 0.5) is 18.9 Å². The van der Waals surface area contributed by atoms with Gasteiger partial charge in [-0.3, -0.25) is 9.59 Å². The SMILES string of the molecule is COc1ccc(-c2cc(C(F)(F)F)n3nc(C(=O)Nc4cccc(C(C)=O)c4)c(Cl)c3n2)cc1. The van der Waals surface area contributed by atoms with Crippen LogP contribution in [0.3, 0.4) is 0 Å². The van der Waals surface area contributed by atoms with E-state index in [0.717, 1.165) is 6.07 Å². The van der Waals surface area contributed by atoms with Gasteiger partial charge in [0.2, 0.25) is 0 Å². The van der Waals surface area contributed by atoms with Crippen molar-refractivity contribution in [2.24, 2.45) is 0 Å². The fourth-order valence-electron chi connectivity index (χ4n) is 3.25. The first-order valence-corrected chi connectivity index (χ1v) is 10.2. The maximum absolute atomic E-state index is 13.9. The highest BCUT2D eigenvalue weighted by molar-refractivity contribution is 6.37. The van der Waals surface area contributed by atoms with E-state index in [2.05, 4.69) is 15.4 Å². The molecule has 0 unspecified atom stereocenters. The lowest BCUT2D eigenvalue weighted by atomic mass is 10.1. The number of nitrogens with zero attached hydrogens (tertiary/aromatic N) is 3. The van der Waals surface area contributed by atoms with E-state index in [-0.39, 0.29) is 27.8 Å². The number of Topliss-reactive ketones (excluding diaryl/α,β-unsaturated/α-hetero) is 1. The third-order valence-electron chi connectivity index (χ3n) is 4.95. The number of alkyl halides is 3. The van der Waals surface area contributed by atoms with Gasteiger partial charge in [-0.25, -0.2) is 9.50 Å². The number of nitrogens with one attached hydrogen (secondary N) is 1. The minimum atomic E-state index is -4.80. The summed E-state index contributed by atoms with van der Waals surface area (Å²) in [4.78, 5) is 28.6. The molecule has 0 aliphatic heterocycles. The Bertz CT molecular complexity index is 1420. The van der Waals surface area contributed by atoms with Gasteiger partial charge in [0, 0.05) is 16.8 Å². The topological polar surface area (TPSA) is 85.6 Å². The van der Waals surface area contributed by atoms with Crippen LogP contribution in [0.25, 0.3) is 16.9 Å². The van der Waals surface area contributed by atoms with E-state index in [9.17, 15) is 22.8 Å². The number of amides is 1. The van der Waals surface area contributed by atoms with Gasteiger partial charge in [-0.15, -0.1) is 0 Å². The average Bonchev–Trinajstić information content (AvgIpc) is 3.14. The Hall–Kier alpha value is -3.92. The van der Waals surface area contributed by atoms with Crippen molar-refractivity contribution in [2.75, 3.05) is 12.4 Å². The van der Waals surface area contributed by atoms with E-state index in [1.54, 1.807) is 36.4 Å². The van der Waals surface area contributed by atoms with Crippen molar-refractivity contribution in [2.45, 2.75) is 13.1 Å². The summed E-state index contributed by atoms with van der Waals surface area (Å²) in [6, 6.07) is 13.2. The molecule has 174 valence electrons. The van der Waals surface area contributed by atoms with Crippen LogP contribution < -0.4 is 10.1 Å². The lowest BCUT2D eigenvalue weighted by Crippen LogP contribution is -2.16. The number of aromatic nitrogens is 3. The minimum absolute atomic E-state index is 0.00889. The summed E-state index contributed by atoms with van der Waals surface area (Å²) >= 11 is 6.28. The molecular formula is C23H16ClF3N4O3. The highest BCUT2D eigenvalue weighted by Gasteiger charge is 2.36. The van der Waals surface area contributed by atoms with Crippen molar-refractivity contribution in [1.82, 2.24) is 14.6 Å². The molecule has 2 aromatic carbocycles. The molecule has 0 saturated carbocycles. The molecule has 1 amide bonds. The number of halogens is 4. The molecule has 7 nitrogen and oxygen atoms in total. The molecule has 0 aliphatic carbocycles. The standard InChI is InChI=1S/C23H16ClF3N4O3/c1-12(32)14-4-3-5-15(10-14)28-22(33)20-19(24)21-29-17(13-6-8-16(34-2)9-7-13)11-18(23(25,26)27)31(21)30-20/h3-11H,1-2H3,(H,28,33). The Kier molecular flexibility index (Phi) is 6.01. The van der Waals surface area contributed by atoms with Crippen molar-refractivity contribution >= 4 is 34.6 Å². The van der Waals surface area contributed by atoms with Gasteiger partial charge in [-0.1, -0.05) is 23.7 Å². The van der Waals surface area contributed by atoms with Crippen LogP contribution >= 0.6 is 11.6 Å². The summed E-state index contributed by atoms with van der Waals surface area (Å²) in [6.45, 7) is 1.37. The predicted molar refractivity (Wildman–Crippen MR) is 119 cm³/mol. The van der Waals surface area contributed by atoms with Crippen molar-refractivity contribution in [3.05, 3.63) is 76.6 Å². The molecule has 0 spiro atoms. The van der Waals surface area contributed by atoms with Gasteiger partial charge in [-0.2, -0.15) is 18.3 Å². The molecule has 0 radical (unpaired) electrons. The van der Waals surface area contributed by atoms with E-state index in [1.807, 2.05) is 0 Å². The number of anilines is 1. The minimum Gasteiger partial charge on any atom is -0.497 e. The molecule has 2 aromatic heterocycles. The molecule has 0 atom stereocenters. The molecule has 2 heterocycles. The lowest BCUT2D eigenvalue weighted by molar-refractivity contribution is -0.142. The van der Waals surface area contributed by atoms with Crippen LogP contribution in [0, 0.1) is 0 Å². The number of methoxy groups -OCH3 is 1. The zero-order valence-corrected chi connectivity index (χ0v) is 18.5. The monoisotopic (exact) mass is 488 g/mol. The molecule has 4 rings (SSSR count). The van der Waals surface area contributed by atoms with Crippen LogP contribution in [0.15, 0.2) is 54.6 Å². The summed E-state index contributed by atoms with van der Waals surface area (Å²) in [6.07, 6.45) is -4.80. The second-order valence-electron chi connectivity index (χ2n) is 7.24. The largest absolute Gasteiger partial charge is 0.497 e. The number of rotatable bonds is 5. The summed E-state index contributed by atoms with van der Waals surface area (Å²) in [5.74, 6) is -0.543. The predicted octanol–water partition coefficient (Wildman–Crippen LogP) is 5.53. The summed E-state index contributed by atoms with van der Waals surface area (Å²) in [5, 5.41) is 5.95. The molecule has 0 fully saturated rings. The van der Waals surface area contributed by atoms with Crippen molar-refractivity contribution < 1.29 is 27.5 Å². The number of carbonyl (C=O) groups excluding carboxylic acids is 2. The molecule has 1 N–H and O–H groups in total. The first kappa shape index (κ1) is 23.2. The van der Waals surface area contributed by atoms with Gasteiger partial charge in [-0.05, 0) is 49.4 Å². The fourth-order valence-corrected chi connectivity index (χ4v) is 3.50. The Morgan fingerprint density at radius 1 is 1.09 bits per heavy atom. The highest BCUT2D eigenvalue weighted by atomic mass is 35.5. The maximum atomic E-state index is 13.9. The molecular weight excluding hydrogens is 473 g/mol. The van der Waals surface area contributed by atoms with E-state index >= 15 is 0 Å². The molecule has 4 aromatic rings. The Morgan fingerprint density at radius 3 is 2.41 bits per heavy atom. The van der Waals surface area contributed by atoms with Gasteiger partial charge >= 0.3 is 6.18 Å². The van der Waals surface area contributed by atoms with Gasteiger partial charge in [0.1, 0.15) is 10.8 Å². The van der Waals surface area contributed by atoms with Gasteiger partial charge in [0.05, 0.1) is 12.8 Å². The number of ketones is 1. The highest BCUT2D eigenvalue weighted by Crippen LogP contribution is 2.35. The summed E-state index contributed by atoms with van der Waals surface area (Å²) in [5.41, 5.74) is -0.936. The summed E-state index contributed by atoms with van der Waals surface area (Å²) < 4.78 is 47.1. The zero-order chi connectivity index (χ0) is 24.6. The first-order chi connectivity index (χ1) is 16.1. The maximum Gasteiger partial charge on any atom is 0.433 e. The molecule has 0 aliphatic rings. The van der Waals surface area contributed by atoms with Crippen LogP contribution in [-0.4, -0.2) is 33.4 Å². The number of ether oxygens (including phenoxy) is 1. The van der Waals surface area contributed by atoms with Crippen LogP contribution in [0.2, 0.25) is 5.02 Å². The molecule has 11 heteroatoms. The second-order valence-corrected chi connectivity index (χ2v) is 7.62. The van der Waals surface area contributed by atoms with Crippen LogP contribution in [0.5, 0.6) is 5.75 Å². The van der Waals surface area contributed by atoms with E-state index in [1.165, 1.54) is 26.2 Å². The third kappa shape index (κ3) is 4.44. The van der Waals surface area contributed by atoms with Gasteiger partial charge in [0.15, 0.2) is 22.8 Å². The normalized spacial score (nSPS) is 11.5. The molecule has 34 heavy (non-hydrogen) atoms.